The summed E-state index contributed by atoms with van der Waals surface area (Å²) in [6, 6.07) is 2.31. The van der Waals surface area contributed by atoms with Gasteiger partial charge in [0, 0.05) is 62.7 Å². The van der Waals surface area contributed by atoms with E-state index in [-0.39, 0.29) is 11.9 Å². The highest BCUT2D eigenvalue weighted by atomic mass is 31.0. The van der Waals surface area contributed by atoms with Crippen molar-refractivity contribution in [3.63, 3.8) is 0 Å². The van der Waals surface area contributed by atoms with Crippen LogP contribution in [0.15, 0.2) is 18.5 Å². The van der Waals surface area contributed by atoms with Crippen molar-refractivity contribution in [3.05, 3.63) is 24.0 Å². The van der Waals surface area contributed by atoms with Gasteiger partial charge in [-0.15, -0.1) is 9.24 Å². The molecule has 4 rings (SSSR count). The maximum absolute atomic E-state index is 13.4. The number of nitrogens with one attached hydrogen (secondary N) is 1. The number of nitrogens with zero attached hydrogens (tertiary/aromatic N) is 3. The minimum atomic E-state index is -0.391. The second-order valence-electron chi connectivity index (χ2n) is 8.29. The summed E-state index contributed by atoms with van der Waals surface area (Å²) < 4.78 is 13.2. The third-order valence-corrected chi connectivity index (χ3v) is 6.56. The van der Waals surface area contributed by atoms with Gasteiger partial charge in [-0.3, -0.25) is 4.79 Å². The van der Waals surface area contributed by atoms with Crippen LogP contribution in [-0.4, -0.2) is 65.9 Å². The van der Waals surface area contributed by atoms with Crippen LogP contribution in [0.3, 0.4) is 0 Å². The topological polar surface area (TPSA) is 68.6 Å². The molecule has 1 aliphatic heterocycles. The zero-order chi connectivity index (χ0) is 21.1. The van der Waals surface area contributed by atoms with E-state index in [2.05, 4.69) is 42.1 Å². The number of aromatic nitrogens is 2. The Labute approximate surface area is 180 Å². The quantitative estimate of drug-likeness (QED) is 0.485. The van der Waals surface area contributed by atoms with Gasteiger partial charge < -0.3 is 24.3 Å². The number of aryl methyl sites for hydroxylation is 1. The van der Waals surface area contributed by atoms with Gasteiger partial charge in [-0.05, 0) is 44.0 Å². The Morgan fingerprint density at radius 2 is 2.30 bits per heavy atom. The predicted octanol–water partition coefficient (Wildman–Crippen LogP) is 2.00. The third kappa shape index (κ3) is 4.54. The lowest BCUT2D eigenvalue weighted by Crippen LogP contribution is -2.50. The summed E-state index contributed by atoms with van der Waals surface area (Å²) in [4.78, 5) is 20.1. The molecule has 1 amide bonds. The number of rotatable bonds is 9. The normalized spacial score (nSPS) is 20.4. The molecule has 2 fully saturated rings. The fourth-order valence-electron chi connectivity index (χ4n) is 4.37. The number of hydrogen-bond acceptors (Lipinski definition) is 5. The average Bonchev–Trinajstić information content (AvgIpc) is 3.52. The molecule has 1 aliphatic carbocycles. The molecule has 1 N–H and O–H groups in total. The first-order valence-electron chi connectivity index (χ1n) is 11.0. The third-order valence-electron chi connectivity index (χ3n) is 6.08. The summed E-state index contributed by atoms with van der Waals surface area (Å²) in [6.07, 6.45) is 7.84. The number of methoxy groups -OCH3 is 1. The fraction of sp³-hybridized carbons (Fsp3) is 0.636. The molecule has 0 aromatic carbocycles. The van der Waals surface area contributed by atoms with E-state index in [0.717, 1.165) is 61.7 Å². The Hall–Kier alpha value is -1.53. The molecule has 2 aromatic heterocycles. The number of fused-ring (bicyclic) bond motifs is 1. The van der Waals surface area contributed by atoms with E-state index in [4.69, 9.17) is 9.47 Å². The first-order chi connectivity index (χ1) is 14.6. The molecule has 30 heavy (non-hydrogen) atoms. The second-order valence-corrected chi connectivity index (χ2v) is 8.91. The first-order valence-corrected chi connectivity index (χ1v) is 11.6. The van der Waals surface area contributed by atoms with E-state index in [9.17, 15) is 4.79 Å². The van der Waals surface area contributed by atoms with Crippen LogP contribution in [0.25, 0.3) is 11.0 Å². The lowest BCUT2D eigenvalue weighted by Gasteiger charge is -2.34. The van der Waals surface area contributed by atoms with E-state index in [1.807, 2.05) is 12.3 Å². The van der Waals surface area contributed by atoms with Crippen LogP contribution in [-0.2, 0) is 20.8 Å². The highest BCUT2D eigenvalue weighted by Gasteiger charge is 2.40. The molecule has 7 nitrogen and oxygen atoms in total. The van der Waals surface area contributed by atoms with Crippen molar-refractivity contribution in [2.75, 3.05) is 33.4 Å². The molecular formula is C22H33N4O3P. The van der Waals surface area contributed by atoms with Crippen LogP contribution in [0, 0.1) is 0 Å². The van der Waals surface area contributed by atoms with Crippen LogP contribution < -0.4 is 10.6 Å². The van der Waals surface area contributed by atoms with Gasteiger partial charge in [-0.25, -0.2) is 4.98 Å². The van der Waals surface area contributed by atoms with Crippen molar-refractivity contribution < 1.29 is 14.3 Å². The van der Waals surface area contributed by atoms with Gasteiger partial charge >= 0.3 is 0 Å². The molecule has 3 atom stereocenters. The van der Waals surface area contributed by atoms with Crippen molar-refractivity contribution in [3.8, 4) is 0 Å². The standard InChI is InChI=1S/C22H33N4O3P/c1-15(26(16-5-6-16)22(27)18-13-23-9-12-29-18)17-14-25(10-3-4-11-28-2)21-20(17)19(30)7-8-24-21/h7-8,14-16,18,23H,3-6,9-13,30H2,1-2H3/t15-,18+/m0/s1. The van der Waals surface area contributed by atoms with Crippen LogP contribution in [0.1, 0.15) is 44.2 Å². The molecule has 1 unspecified atom stereocenters. The molecule has 1 saturated heterocycles. The first kappa shape index (κ1) is 21.7. The minimum absolute atomic E-state index is 0.0262. The molecule has 2 aliphatic rings. The van der Waals surface area contributed by atoms with Gasteiger partial charge in [-0.1, -0.05) is 0 Å². The lowest BCUT2D eigenvalue weighted by molar-refractivity contribution is -0.148. The Morgan fingerprint density at radius 3 is 3.00 bits per heavy atom. The molecular weight excluding hydrogens is 399 g/mol. The molecule has 0 radical (unpaired) electrons. The van der Waals surface area contributed by atoms with Gasteiger partial charge in [0.15, 0.2) is 0 Å². The van der Waals surface area contributed by atoms with Gasteiger partial charge in [-0.2, -0.15) is 0 Å². The number of unbranched alkanes of at least 4 members (excludes halogenated alkanes) is 1. The fourth-order valence-corrected chi connectivity index (χ4v) is 4.75. The lowest BCUT2D eigenvalue weighted by atomic mass is 10.1. The van der Waals surface area contributed by atoms with Crippen molar-refractivity contribution in [2.45, 2.75) is 57.3 Å². The molecule has 1 saturated carbocycles. The second kappa shape index (κ2) is 9.73. The van der Waals surface area contributed by atoms with Gasteiger partial charge in [0.05, 0.1) is 12.6 Å². The van der Waals surface area contributed by atoms with Crippen LogP contribution in [0.5, 0.6) is 0 Å². The van der Waals surface area contributed by atoms with E-state index >= 15 is 0 Å². The molecule has 3 heterocycles. The summed E-state index contributed by atoms with van der Waals surface area (Å²) in [6.45, 7) is 5.79. The summed E-state index contributed by atoms with van der Waals surface area (Å²) in [7, 11) is 4.58. The van der Waals surface area contributed by atoms with E-state index in [1.54, 1.807) is 7.11 Å². The zero-order valence-electron chi connectivity index (χ0n) is 18.0. The van der Waals surface area contributed by atoms with E-state index < -0.39 is 6.10 Å². The van der Waals surface area contributed by atoms with Crippen LogP contribution >= 0.6 is 9.24 Å². The monoisotopic (exact) mass is 432 g/mol. The van der Waals surface area contributed by atoms with Crippen molar-refractivity contribution in [1.82, 2.24) is 19.8 Å². The Morgan fingerprint density at radius 1 is 1.47 bits per heavy atom. The largest absolute Gasteiger partial charge is 0.385 e. The number of hydrogen-bond donors (Lipinski definition) is 1. The highest BCUT2D eigenvalue weighted by molar-refractivity contribution is 7.28. The maximum atomic E-state index is 13.4. The molecule has 0 bridgehead atoms. The van der Waals surface area contributed by atoms with Gasteiger partial charge in [0.25, 0.3) is 5.91 Å². The number of pyridine rings is 1. The Balaban J connectivity index is 1.63. The molecule has 8 heteroatoms. The summed E-state index contributed by atoms with van der Waals surface area (Å²) >= 11 is 0. The zero-order valence-corrected chi connectivity index (χ0v) is 19.1. The summed E-state index contributed by atoms with van der Waals surface area (Å²) in [5.74, 6) is 0.104. The predicted molar refractivity (Wildman–Crippen MR) is 121 cm³/mol. The minimum Gasteiger partial charge on any atom is -0.385 e. The van der Waals surface area contributed by atoms with Crippen LogP contribution in [0.2, 0.25) is 0 Å². The smallest absolute Gasteiger partial charge is 0.253 e. The van der Waals surface area contributed by atoms with Gasteiger partial charge in [0.2, 0.25) is 0 Å². The average molecular weight is 433 g/mol. The summed E-state index contributed by atoms with van der Waals surface area (Å²) in [5.41, 5.74) is 2.15. The van der Waals surface area contributed by atoms with Crippen molar-refractivity contribution >= 4 is 31.5 Å². The van der Waals surface area contributed by atoms with Crippen LogP contribution in [0.4, 0.5) is 0 Å². The number of amides is 1. The molecule has 164 valence electrons. The Bertz CT molecular complexity index is 877. The highest BCUT2D eigenvalue weighted by Crippen LogP contribution is 2.38. The summed E-state index contributed by atoms with van der Waals surface area (Å²) in [5, 5.41) is 5.55. The maximum Gasteiger partial charge on any atom is 0.253 e. The molecule has 0 spiro atoms. The number of ether oxygens (including phenoxy) is 2. The number of morpholine rings is 1. The van der Waals surface area contributed by atoms with Crippen molar-refractivity contribution in [1.29, 1.82) is 0 Å². The SMILES string of the molecule is COCCCCn1cc([C@H](C)N(C(=O)[C@H]2CNCCO2)C2CC2)c2c(P)ccnc21. The molecule has 2 aromatic rings. The van der Waals surface area contributed by atoms with E-state index in [0.29, 0.717) is 19.2 Å². The Kier molecular flexibility index (Phi) is 7.04. The number of carbonyl (C=O) groups is 1. The van der Waals surface area contributed by atoms with Crippen molar-refractivity contribution in [2.24, 2.45) is 0 Å². The van der Waals surface area contributed by atoms with E-state index in [1.165, 1.54) is 5.56 Å². The van der Waals surface area contributed by atoms with Gasteiger partial charge in [0.1, 0.15) is 11.8 Å². The number of carbonyl (C=O) groups excluding carboxylic acids is 1.